The van der Waals surface area contributed by atoms with E-state index < -0.39 is 0 Å². The zero-order chi connectivity index (χ0) is 27.8. The zero-order valence-electron chi connectivity index (χ0n) is 23.6. The molecular formula is C33H40BrNO3. The number of fused-ring (bicyclic) bond motifs is 1. The van der Waals surface area contributed by atoms with E-state index >= 15 is 0 Å². The van der Waals surface area contributed by atoms with Gasteiger partial charge in [-0.2, -0.15) is 0 Å². The van der Waals surface area contributed by atoms with Crippen LogP contribution in [0.2, 0.25) is 0 Å². The number of aliphatic hydroxyl groups is 1. The average Bonchev–Trinajstić information content (AvgIpc) is 2.90. The van der Waals surface area contributed by atoms with Crippen molar-refractivity contribution >= 4 is 28.1 Å². The third-order valence-electron chi connectivity index (χ3n) is 7.14. The fraction of sp³-hybridized carbons (Fsp3) is 0.333. The van der Waals surface area contributed by atoms with Gasteiger partial charge in [0.25, 0.3) is 0 Å². The normalized spacial score (nSPS) is 14.8. The number of methoxy groups -OCH3 is 2. The molecule has 5 heteroatoms. The fourth-order valence-corrected chi connectivity index (χ4v) is 5.13. The predicted molar refractivity (Wildman–Crippen MR) is 163 cm³/mol. The first-order chi connectivity index (χ1) is 18.2. The third kappa shape index (κ3) is 7.16. The molecule has 0 fully saturated rings. The van der Waals surface area contributed by atoms with Gasteiger partial charge in [-0.3, -0.25) is 0 Å². The van der Waals surface area contributed by atoms with Gasteiger partial charge in [-0.15, -0.1) is 0 Å². The first-order valence-electron chi connectivity index (χ1n) is 12.9. The summed E-state index contributed by atoms with van der Waals surface area (Å²) in [5.41, 5.74) is 12.0. The Morgan fingerprint density at radius 2 is 1.39 bits per heavy atom. The Labute approximate surface area is 236 Å². The maximum atomic E-state index is 9.58. The molecule has 1 aliphatic rings. The molecule has 1 unspecified atom stereocenters. The minimum atomic E-state index is 0.0896. The molecule has 1 heterocycles. The number of rotatable bonds is 6. The minimum Gasteiger partial charge on any atom is -0.496 e. The van der Waals surface area contributed by atoms with E-state index in [2.05, 4.69) is 97.5 Å². The van der Waals surface area contributed by atoms with Crippen LogP contribution in [0.5, 0.6) is 11.5 Å². The molecule has 0 aromatic heterocycles. The Bertz CT molecular complexity index is 1330. The van der Waals surface area contributed by atoms with Gasteiger partial charge in [0.05, 0.1) is 26.9 Å². The third-order valence-corrected chi connectivity index (χ3v) is 7.40. The largest absolute Gasteiger partial charge is 0.496 e. The van der Waals surface area contributed by atoms with Crippen LogP contribution in [0.25, 0.3) is 12.2 Å². The molecule has 0 spiro atoms. The van der Waals surface area contributed by atoms with Crippen LogP contribution in [0.4, 0.5) is 0 Å². The van der Waals surface area contributed by atoms with Crippen molar-refractivity contribution < 1.29 is 14.6 Å². The first kappa shape index (κ1) is 29.7. The number of hydrogen-bond donors (Lipinski definition) is 2. The second-order valence-corrected chi connectivity index (χ2v) is 10.4. The minimum absolute atomic E-state index is 0.0896. The van der Waals surface area contributed by atoms with Crippen molar-refractivity contribution in [1.29, 1.82) is 0 Å². The van der Waals surface area contributed by atoms with Crippen LogP contribution in [0.1, 0.15) is 61.7 Å². The molecule has 0 amide bonds. The molecule has 0 radical (unpaired) electrons. The topological polar surface area (TPSA) is 50.7 Å². The number of hydrogen-bond acceptors (Lipinski definition) is 4. The predicted octanol–water partition coefficient (Wildman–Crippen LogP) is 7.69. The lowest BCUT2D eigenvalue weighted by Gasteiger charge is -2.26. The van der Waals surface area contributed by atoms with Gasteiger partial charge < -0.3 is 19.9 Å². The molecule has 1 atom stereocenters. The maximum absolute atomic E-state index is 9.58. The van der Waals surface area contributed by atoms with Gasteiger partial charge in [0.15, 0.2) is 0 Å². The standard InChI is InChI=1S/C22H27NO2.C11H13BrO/c1-14-9-18-7-8-23-21(20(18)12-19(14)13-24)6-5-17-10-16(3)22(25-4)11-15(17)2;1-8-7-11(13-3)9(2)6-10(8)4-5-12/h5-6,9-12,21,23-24H,7-8,13H2,1-4H3;4-7H,1-3H3/b6-5+;5-4+. The number of ether oxygens (including phenoxy) is 2. The monoisotopic (exact) mass is 577 g/mol. The molecule has 3 aromatic rings. The van der Waals surface area contributed by atoms with Gasteiger partial charge in [-0.1, -0.05) is 40.2 Å². The zero-order valence-corrected chi connectivity index (χ0v) is 25.2. The van der Waals surface area contributed by atoms with Crippen molar-refractivity contribution in [2.24, 2.45) is 0 Å². The van der Waals surface area contributed by atoms with Crippen molar-refractivity contribution in [1.82, 2.24) is 5.32 Å². The van der Waals surface area contributed by atoms with Crippen molar-refractivity contribution in [3.63, 3.8) is 0 Å². The maximum Gasteiger partial charge on any atom is 0.122 e. The summed E-state index contributed by atoms with van der Waals surface area (Å²) in [7, 11) is 3.41. The highest BCUT2D eigenvalue weighted by Gasteiger charge is 2.19. The molecule has 4 nitrogen and oxygen atoms in total. The Hall–Kier alpha value is -2.86. The summed E-state index contributed by atoms with van der Waals surface area (Å²) in [6.45, 7) is 11.4. The van der Waals surface area contributed by atoms with E-state index in [1.165, 1.54) is 38.9 Å². The van der Waals surface area contributed by atoms with E-state index in [9.17, 15) is 5.11 Å². The smallest absolute Gasteiger partial charge is 0.122 e. The average molecular weight is 579 g/mol. The quantitative estimate of drug-likeness (QED) is 0.315. The summed E-state index contributed by atoms with van der Waals surface area (Å²) in [5, 5.41) is 13.2. The Morgan fingerprint density at radius 1 is 0.816 bits per heavy atom. The van der Waals surface area contributed by atoms with Crippen LogP contribution in [0, 0.1) is 34.6 Å². The molecule has 0 saturated heterocycles. The molecule has 0 bridgehead atoms. The number of benzene rings is 3. The summed E-state index contributed by atoms with van der Waals surface area (Å²) >= 11 is 3.27. The Morgan fingerprint density at radius 3 is 1.92 bits per heavy atom. The lowest BCUT2D eigenvalue weighted by Crippen LogP contribution is -2.28. The molecule has 0 saturated carbocycles. The van der Waals surface area contributed by atoms with E-state index in [0.29, 0.717) is 0 Å². The van der Waals surface area contributed by atoms with Crippen LogP contribution in [-0.2, 0) is 13.0 Å². The molecule has 2 N–H and O–H groups in total. The molecule has 1 aliphatic heterocycles. The van der Waals surface area contributed by atoms with Gasteiger partial charge in [0.2, 0.25) is 0 Å². The van der Waals surface area contributed by atoms with Crippen molar-refractivity contribution in [3.05, 3.63) is 103 Å². The Kier molecular flexibility index (Phi) is 10.8. The van der Waals surface area contributed by atoms with Crippen LogP contribution in [0.15, 0.2) is 47.5 Å². The van der Waals surface area contributed by atoms with Gasteiger partial charge in [-0.25, -0.2) is 0 Å². The van der Waals surface area contributed by atoms with Crippen molar-refractivity contribution in [2.45, 2.75) is 53.7 Å². The van der Waals surface area contributed by atoms with Crippen LogP contribution in [-0.4, -0.2) is 25.9 Å². The molecule has 0 aliphatic carbocycles. The highest BCUT2D eigenvalue weighted by atomic mass is 79.9. The summed E-state index contributed by atoms with van der Waals surface area (Å²) in [6, 6.07) is 13.0. The van der Waals surface area contributed by atoms with E-state index in [1.807, 2.05) is 18.0 Å². The molecule has 3 aromatic carbocycles. The van der Waals surface area contributed by atoms with E-state index in [-0.39, 0.29) is 12.6 Å². The second kappa shape index (κ2) is 13.8. The van der Waals surface area contributed by atoms with Gasteiger partial charge in [-0.05, 0) is 132 Å². The second-order valence-electron chi connectivity index (χ2n) is 9.83. The lowest BCUT2D eigenvalue weighted by molar-refractivity contribution is 0.280. The van der Waals surface area contributed by atoms with Gasteiger partial charge >= 0.3 is 0 Å². The summed E-state index contributed by atoms with van der Waals surface area (Å²) in [5.74, 6) is 1.88. The van der Waals surface area contributed by atoms with Crippen molar-refractivity contribution in [3.8, 4) is 11.5 Å². The first-order valence-corrected chi connectivity index (χ1v) is 13.9. The van der Waals surface area contributed by atoms with Crippen LogP contribution >= 0.6 is 15.9 Å². The molecule has 202 valence electrons. The summed E-state index contributed by atoms with van der Waals surface area (Å²) in [6.07, 6.45) is 7.48. The number of halogens is 1. The van der Waals surface area contributed by atoms with E-state index in [1.54, 1.807) is 14.2 Å². The van der Waals surface area contributed by atoms with Crippen LogP contribution in [0.3, 0.4) is 0 Å². The molecule has 4 rings (SSSR count). The highest BCUT2D eigenvalue weighted by molar-refractivity contribution is 9.11. The Balaban J connectivity index is 0.000000260. The highest BCUT2D eigenvalue weighted by Crippen LogP contribution is 2.29. The molecule has 38 heavy (non-hydrogen) atoms. The number of aryl methyl sites for hydroxylation is 5. The molecular weight excluding hydrogens is 538 g/mol. The SMILES string of the molecule is COc1cc(C)c(/C=C/Br)cc1C.COc1cc(C)c(/C=C/C2NCCc3cc(C)c(CO)cc32)cc1C. The van der Waals surface area contributed by atoms with Crippen LogP contribution < -0.4 is 14.8 Å². The number of nitrogens with one attached hydrogen (secondary N) is 1. The fourth-order valence-electron chi connectivity index (χ4n) is 4.84. The summed E-state index contributed by atoms with van der Waals surface area (Å²) < 4.78 is 10.6. The number of aliphatic hydroxyl groups excluding tert-OH is 1. The van der Waals surface area contributed by atoms with Gasteiger partial charge in [0.1, 0.15) is 11.5 Å². The van der Waals surface area contributed by atoms with E-state index in [4.69, 9.17) is 9.47 Å². The lowest BCUT2D eigenvalue weighted by atomic mass is 9.89. The van der Waals surface area contributed by atoms with E-state index in [0.717, 1.165) is 41.2 Å². The summed E-state index contributed by atoms with van der Waals surface area (Å²) in [4.78, 5) is 1.86. The van der Waals surface area contributed by atoms with Gasteiger partial charge in [0, 0.05) is 6.54 Å². The van der Waals surface area contributed by atoms with Crippen molar-refractivity contribution in [2.75, 3.05) is 20.8 Å².